The van der Waals surface area contributed by atoms with E-state index in [0.717, 1.165) is 73.7 Å². The Morgan fingerprint density at radius 2 is 1.77 bits per heavy atom. The summed E-state index contributed by atoms with van der Waals surface area (Å²) in [7, 11) is 3.48. The normalized spacial score (nSPS) is 23.7. The number of methoxy groups -OCH3 is 1. The molecule has 3 aliphatic heterocycles. The fraction of sp³-hybridized carbons (Fsp3) is 0.529. The number of hydrogen-bond donors (Lipinski definition) is 1. The number of ether oxygens (including phenoxy) is 1. The lowest BCUT2D eigenvalue weighted by molar-refractivity contribution is -0.120. The Morgan fingerprint density at radius 1 is 1.00 bits per heavy atom. The van der Waals surface area contributed by atoms with Crippen molar-refractivity contribution in [2.45, 2.75) is 50.9 Å². The molecule has 2 saturated carbocycles. The molecule has 2 aliphatic carbocycles. The van der Waals surface area contributed by atoms with Gasteiger partial charge in [-0.25, -0.2) is 4.79 Å². The second-order valence-electron chi connectivity index (χ2n) is 13.2. The Balaban J connectivity index is 1.16. The van der Waals surface area contributed by atoms with E-state index in [2.05, 4.69) is 28.2 Å². The van der Waals surface area contributed by atoms with Crippen molar-refractivity contribution in [3.63, 3.8) is 0 Å². The van der Waals surface area contributed by atoms with Crippen molar-refractivity contribution in [2.24, 2.45) is 16.3 Å². The summed E-state index contributed by atoms with van der Waals surface area (Å²) in [5.41, 5.74) is 6.33. The van der Waals surface area contributed by atoms with Crippen LogP contribution in [-0.2, 0) is 20.7 Å². The quantitative estimate of drug-likeness (QED) is 0.401. The minimum atomic E-state index is -0.491. The van der Waals surface area contributed by atoms with Crippen LogP contribution in [0.25, 0.3) is 0 Å². The second kappa shape index (κ2) is 11.2. The van der Waals surface area contributed by atoms with E-state index in [0.29, 0.717) is 29.8 Å². The topological polar surface area (TPSA) is 94.5 Å². The first-order chi connectivity index (χ1) is 20.8. The number of anilines is 2. The number of carbonyl (C=O) groups is 3. The van der Waals surface area contributed by atoms with E-state index in [4.69, 9.17) is 9.73 Å². The van der Waals surface area contributed by atoms with Crippen LogP contribution in [0.15, 0.2) is 41.4 Å². The summed E-state index contributed by atoms with van der Waals surface area (Å²) in [6.07, 6.45) is 7.91. The third-order valence-electron chi connectivity index (χ3n) is 10.5. The van der Waals surface area contributed by atoms with Crippen LogP contribution in [0.4, 0.5) is 17.1 Å². The van der Waals surface area contributed by atoms with Crippen molar-refractivity contribution in [1.29, 1.82) is 0 Å². The lowest BCUT2D eigenvalue weighted by Crippen LogP contribution is -2.48. The van der Waals surface area contributed by atoms with Gasteiger partial charge in [-0.05, 0) is 105 Å². The Hall–Kier alpha value is -3.56. The Kier molecular flexibility index (Phi) is 7.33. The van der Waals surface area contributed by atoms with Crippen molar-refractivity contribution in [2.75, 3.05) is 63.6 Å². The number of nitrogens with one attached hydrogen (secondary N) is 1. The van der Waals surface area contributed by atoms with E-state index in [-0.39, 0.29) is 17.7 Å². The molecule has 3 heterocycles. The predicted molar refractivity (Wildman–Crippen MR) is 166 cm³/mol. The van der Waals surface area contributed by atoms with E-state index in [1.54, 1.807) is 12.1 Å². The number of esters is 1. The zero-order valence-electron chi connectivity index (χ0n) is 25.2. The largest absolute Gasteiger partial charge is 0.465 e. The molecule has 9 heteroatoms. The highest BCUT2D eigenvalue weighted by molar-refractivity contribution is 6.20. The van der Waals surface area contributed by atoms with E-state index in [1.807, 2.05) is 23.1 Å². The summed E-state index contributed by atoms with van der Waals surface area (Å²) < 4.78 is 4.89. The molecule has 2 amide bonds. The molecule has 3 fully saturated rings. The van der Waals surface area contributed by atoms with Gasteiger partial charge in [-0.1, -0.05) is 6.07 Å². The molecule has 5 aliphatic rings. The van der Waals surface area contributed by atoms with Crippen LogP contribution in [0.2, 0.25) is 0 Å². The summed E-state index contributed by atoms with van der Waals surface area (Å²) >= 11 is 0. The number of fused-ring (bicyclic) bond motifs is 2. The minimum Gasteiger partial charge on any atom is -0.465 e. The van der Waals surface area contributed by atoms with Crippen molar-refractivity contribution >= 4 is 40.6 Å². The summed E-state index contributed by atoms with van der Waals surface area (Å²) in [4.78, 5) is 50.7. The number of hydrogen-bond acceptors (Lipinski definition) is 7. The summed E-state index contributed by atoms with van der Waals surface area (Å²) in [5.74, 6) is -0.630. The number of nitrogens with zero attached hydrogens (tertiary/aromatic N) is 4. The fourth-order valence-electron chi connectivity index (χ4n) is 7.54. The van der Waals surface area contributed by atoms with Crippen molar-refractivity contribution in [1.82, 2.24) is 9.80 Å². The SMILES string of the molecule is COC(=O)c1ccc2c(c1)NC(=O)C2C(=Nc1ccc2c(c1)CCN2C(=O)CN1CCN(C)CC1)C1CCC2(CC1)CC2. The van der Waals surface area contributed by atoms with Gasteiger partial charge in [0.05, 0.1) is 24.9 Å². The van der Waals surface area contributed by atoms with Gasteiger partial charge in [0.2, 0.25) is 11.8 Å². The molecular weight excluding hydrogens is 542 g/mol. The first kappa shape index (κ1) is 28.2. The number of benzene rings is 2. The van der Waals surface area contributed by atoms with Gasteiger partial charge >= 0.3 is 5.97 Å². The molecule has 1 unspecified atom stereocenters. The molecule has 43 heavy (non-hydrogen) atoms. The molecule has 2 aromatic carbocycles. The Labute approximate surface area is 253 Å². The Morgan fingerprint density at radius 3 is 2.49 bits per heavy atom. The smallest absolute Gasteiger partial charge is 0.337 e. The molecule has 7 rings (SSSR count). The number of rotatable bonds is 6. The minimum absolute atomic E-state index is 0.0932. The average molecular weight is 584 g/mol. The average Bonchev–Trinajstić information content (AvgIpc) is 3.49. The highest BCUT2D eigenvalue weighted by Crippen LogP contribution is 2.58. The van der Waals surface area contributed by atoms with Crippen LogP contribution in [0.1, 0.15) is 65.9 Å². The Bertz CT molecular complexity index is 1480. The number of amides is 2. The maximum absolute atomic E-state index is 13.5. The second-order valence-corrected chi connectivity index (χ2v) is 13.2. The maximum Gasteiger partial charge on any atom is 0.337 e. The fourth-order valence-corrected chi connectivity index (χ4v) is 7.54. The maximum atomic E-state index is 13.5. The highest BCUT2D eigenvalue weighted by atomic mass is 16.5. The summed E-state index contributed by atoms with van der Waals surface area (Å²) in [5, 5.41) is 3.02. The molecule has 1 spiro atoms. The first-order valence-electron chi connectivity index (χ1n) is 15.8. The van der Waals surface area contributed by atoms with Crippen molar-refractivity contribution in [3.05, 3.63) is 53.1 Å². The van der Waals surface area contributed by atoms with Crippen molar-refractivity contribution < 1.29 is 19.1 Å². The third-order valence-corrected chi connectivity index (χ3v) is 10.5. The zero-order valence-corrected chi connectivity index (χ0v) is 25.2. The standard InChI is InChI=1S/C34H41N5O4/c1-37-15-17-38(18-16-37)21-29(40)39-14-9-23-19-25(4-6-28(23)39)35-31(22-7-10-34(11-8-22)12-13-34)30-26-5-3-24(33(42)43-2)20-27(26)36-32(30)41/h3-6,19-20,22,30H,7-18,21H2,1-2H3,(H,36,41). The molecule has 2 aromatic rings. The summed E-state index contributed by atoms with van der Waals surface area (Å²) in [6, 6.07) is 11.5. The monoisotopic (exact) mass is 583 g/mol. The number of carbonyl (C=O) groups excluding carboxylic acids is 3. The van der Waals surface area contributed by atoms with Crippen LogP contribution in [0, 0.1) is 11.3 Å². The highest BCUT2D eigenvalue weighted by Gasteiger charge is 2.47. The number of aliphatic imine (C=N–C) groups is 1. The summed E-state index contributed by atoms with van der Waals surface area (Å²) in [6.45, 7) is 4.96. The molecule has 9 nitrogen and oxygen atoms in total. The predicted octanol–water partition coefficient (Wildman–Crippen LogP) is 4.39. The van der Waals surface area contributed by atoms with E-state index >= 15 is 0 Å². The molecule has 0 aromatic heterocycles. The van der Waals surface area contributed by atoms with Gasteiger partial charge in [0.1, 0.15) is 5.92 Å². The number of piperazine rings is 1. The van der Waals surface area contributed by atoms with Crippen LogP contribution in [0.5, 0.6) is 0 Å². The van der Waals surface area contributed by atoms with E-state index in [9.17, 15) is 14.4 Å². The molecule has 0 bridgehead atoms. The molecule has 226 valence electrons. The molecule has 1 atom stereocenters. The van der Waals surface area contributed by atoms with Crippen LogP contribution in [-0.4, -0.2) is 86.7 Å². The lowest BCUT2D eigenvalue weighted by Gasteiger charge is -2.32. The molecule has 1 N–H and O–H groups in total. The lowest BCUT2D eigenvalue weighted by atomic mass is 9.74. The van der Waals surface area contributed by atoms with Gasteiger partial charge in [-0.2, -0.15) is 0 Å². The van der Waals surface area contributed by atoms with Crippen LogP contribution < -0.4 is 10.2 Å². The van der Waals surface area contributed by atoms with Gasteiger partial charge in [0, 0.05) is 49.8 Å². The van der Waals surface area contributed by atoms with Crippen molar-refractivity contribution in [3.8, 4) is 0 Å². The van der Waals surface area contributed by atoms with E-state index < -0.39 is 11.9 Å². The number of likely N-dealkylation sites (N-methyl/N-ethyl adjacent to an activating group) is 1. The van der Waals surface area contributed by atoms with E-state index in [1.165, 1.54) is 32.8 Å². The van der Waals surface area contributed by atoms with Gasteiger partial charge in [0.25, 0.3) is 0 Å². The molecule has 0 radical (unpaired) electrons. The zero-order chi connectivity index (χ0) is 29.7. The molecule has 1 saturated heterocycles. The van der Waals surface area contributed by atoms with Crippen LogP contribution >= 0.6 is 0 Å². The van der Waals surface area contributed by atoms with Crippen LogP contribution in [0.3, 0.4) is 0 Å². The van der Waals surface area contributed by atoms with Gasteiger partial charge in [0.15, 0.2) is 0 Å². The first-order valence-corrected chi connectivity index (χ1v) is 15.8. The van der Waals surface area contributed by atoms with Gasteiger partial charge in [-0.3, -0.25) is 19.5 Å². The third kappa shape index (κ3) is 5.49. The van der Waals surface area contributed by atoms with Gasteiger partial charge < -0.3 is 19.9 Å². The molecular formula is C34H41N5O4. The van der Waals surface area contributed by atoms with Gasteiger partial charge in [-0.15, -0.1) is 0 Å².